The van der Waals surface area contributed by atoms with E-state index < -0.39 is 15.8 Å². The SMILES string of the molecule is CCN(CC)S(=O)(=O)c1cccc(-c2nnc(SCC(=O)Nc3cccc(F)c3)o2)c1. The van der Waals surface area contributed by atoms with Gasteiger partial charge in [-0.15, -0.1) is 10.2 Å². The maximum atomic E-state index is 13.2. The van der Waals surface area contributed by atoms with Crippen molar-refractivity contribution in [1.82, 2.24) is 14.5 Å². The third kappa shape index (κ3) is 5.69. The van der Waals surface area contributed by atoms with E-state index >= 15 is 0 Å². The predicted octanol–water partition coefficient (Wildman–Crippen LogP) is 3.64. The Morgan fingerprint density at radius 1 is 1.13 bits per heavy atom. The van der Waals surface area contributed by atoms with E-state index in [1.54, 1.807) is 32.0 Å². The lowest BCUT2D eigenvalue weighted by Crippen LogP contribution is -2.30. The minimum Gasteiger partial charge on any atom is -0.411 e. The number of aromatic nitrogens is 2. The molecule has 0 saturated carbocycles. The molecule has 2 aromatic carbocycles. The average molecular weight is 465 g/mol. The molecule has 0 bridgehead atoms. The van der Waals surface area contributed by atoms with Crippen LogP contribution in [0.25, 0.3) is 11.5 Å². The van der Waals surface area contributed by atoms with Crippen LogP contribution in [0.2, 0.25) is 0 Å². The summed E-state index contributed by atoms with van der Waals surface area (Å²) in [4.78, 5) is 12.2. The fourth-order valence-corrected chi connectivity index (χ4v) is 4.85. The first-order valence-electron chi connectivity index (χ1n) is 9.45. The lowest BCUT2D eigenvalue weighted by atomic mass is 10.2. The molecule has 0 atom stereocenters. The molecule has 164 valence electrons. The van der Waals surface area contributed by atoms with Gasteiger partial charge in [-0.3, -0.25) is 4.79 Å². The summed E-state index contributed by atoms with van der Waals surface area (Å²) in [6.45, 7) is 4.28. The normalized spacial score (nSPS) is 11.6. The predicted molar refractivity (Wildman–Crippen MR) is 116 cm³/mol. The fourth-order valence-electron chi connectivity index (χ4n) is 2.78. The van der Waals surface area contributed by atoms with Crippen molar-refractivity contribution in [3.05, 3.63) is 54.3 Å². The summed E-state index contributed by atoms with van der Waals surface area (Å²) < 4.78 is 45.5. The molecule has 1 aromatic heterocycles. The van der Waals surface area contributed by atoms with E-state index in [1.807, 2.05) is 0 Å². The van der Waals surface area contributed by atoms with Crippen LogP contribution >= 0.6 is 11.8 Å². The highest BCUT2D eigenvalue weighted by molar-refractivity contribution is 7.99. The van der Waals surface area contributed by atoms with Crippen molar-refractivity contribution in [2.24, 2.45) is 0 Å². The summed E-state index contributed by atoms with van der Waals surface area (Å²) in [7, 11) is -3.62. The van der Waals surface area contributed by atoms with E-state index in [9.17, 15) is 17.6 Å². The van der Waals surface area contributed by atoms with Crippen LogP contribution in [-0.2, 0) is 14.8 Å². The molecule has 0 aliphatic carbocycles. The summed E-state index contributed by atoms with van der Waals surface area (Å²) in [5.41, 5.74) is 0.805. The Morgan fingerprint density at radius 2 is 1.87 bits per heavy atom. The molecule has 0 unspecified atom stereocenters. The molecular formula is C20H21FN4O4S2. The monoisotopic (exact) mass is 464 g/mol. The third-order valence-corrected chi connectivity index (χ3v) is 7.13. The van der Waals surface area contributed by atoms with Crippen molar-refractivity contribution >= 4 is 33.4 Å². The number of nitrogens with zero attached hydrogens (tertiary/aromatic N) is 3. The molecule has 11 heteroatoms. The smallest absolute Gasteiger partial charge is 0.277 e. The first kappa shape index (κ1) is 22.9. The Bertz CT molecular complexity index is 1160. The van der Waals surface area contributed by atoms with Crippen molar-refractivity contribution in [2.45, 2.75) is 24.0 Å². The number of hydrogen-bond acceptors (Lipinski definition) is 7. The molecule has 0 radical (unpaired) electrons. The largest absolute Gasteiger partial charge is 0.411 e. The van der Waals surface area contributed by atoms with Gasteiger partial charge in [0, 0.05) is 24.3 Å². The lowest BCUT2D eigenvalue weighted by Gasteiger charge is -2.18. The van der Waals surface area contributed by atoms with E-state index in [2.05, 4.69) is 15.5 Å². The van der Waals surface area contributed by atoms with Gasteiger partial charge in [0.25, 0.3) is 5.22 Å². The molecular weight excluding hydrogens is 443 g/mol. The van der Waals surface area contributed by atoms with Gasteiger partial charge in [0.1, 0.15) is 5.82 Å². The van der Waals surface area contributed by atoms with Gasteiger partial charge in [-0.1, -0.05) is 37.7 Å². The number of hydrogen-bond donors (Lipinski definition) is 1. The van der Waals surface area contributed by atoms with Crippen molar-refractivity contribution in [3.8, 4) is 11.5 Å². The minimum atomic E-state index is -3.62. The van der Waals surface area contributed by atoms with Gasteiger partial charge < -0.3 is 9.73 Å². The van der Waals surface area contributed by atoms with E-state index in [-0.39, 0.29) is 27.7 Å². The highest BCUT2D eigenvalue weighted by Crippen LogP contribution is 2.26. The summed E-state index contributed by atoms with van der Waals surface area (Å²) in [6, 6.07) is 11.8. The third-order valence-electron chi connectivity index (χ3n) is 4.27. The van der Waals surface area contributed by atoms with Gasteiger partial charge in [-0.25, -0.2) is 12.8 Å². The Hall–Kier alpha value is -2.76. The number of amides is 1. The number of nitrogens with one attached hydrogen (secondary N) is 1. The van der Waals surface area contributed by atoms with Crippen LogP contribution < -0.4 is 5.32 Å². The number of rotatable bonds is 9. The molecule has 3 aromatic rings. The van der Waals surface area contributed by atoms with Gasteiger partial charge in [0.2, 0.25) is 21.8 Å². The van der Waals surface area contributed by atoms with E-state index in [4.69, 9.17) is 4.42 Å². The number of carbonyl (C=O) groups excluding carboxylic acids is 1. The molecule has 0 aliphatic rings. The highest BCUT2D eigenvalue weighted by Gasteiger charge is 2.22. The number of halogens is 1. The molecule has 0 fully saturated rings. The second-order valence-corrected chi connectivity index (χ2v) is 9.20. The van der Waals surface area contributed by atoms with E-state index in [1.165, 1.54) is 34.6 Å². The number of carbonyl (C=O) groups is 1. The topological polar surface area (TPSA) is 105 Å². The molecule has 0 aliphatic heterocycles. The maximum Gasteiger partial charge on any atom is 0.277 e. The van der Waals surface area contributed by atoms with Crippen LogP contribution in [0.4, 0.5) is 10.1 Å². The van der Waals surface area contributed by atoms with Crippen LogP contribution in [0, 0.1) is 5.82 Å². The van der Waals surface area contributed by atoms with Crippen LogP contribution in [0.3, 0.4) is 0 Å². The molecule has 31 heavy (non-hydrogen) atoms. The van der Waals surface area contributed by atoms with Crippen LogP contribution in [0.15, 0.2) is 63.1 Å². The molecule has 8 nitrogen and oxygen atoms in total. The van der Waals surface area contributed by atoms with E-state index in [0.29, 0.717) is 24.3 Å². The quantitative estimate of drug-likeness (QED) is 0.482. The number of benzene rings is 2. The summed E-state index contributed by atoms with van der Waals surface area (Å²) >= 11 is 1.02. The lowest BCUT2D eigenvalue weighted by molar-refractivity contribution is -0.113. The van der Waals surface area contributed by atoms with Gasteiger partial charge in [-0.2, -0.15) is 4.31 Å². The zero-order valence-electron chi connectivity index (χ0n) is 16.9. The Balaban J connectivity index is 1.67. The summed E-state index contributed by atoms with van der Waals surface area (Å²) in [5, 5.41) is 10.6. The highest BCUT2D eigenvalue weighted by atomic mass is 32.2. The first-order chi connectivity index (χ1) is 14.8. The minimum absolute atomic E-state index is 0.0193. The van der Waals surface area contributed by atoms with Gasteiger partial charge in [-0.05, 0) is 36.4 Å². The van der Waals surface area contributed by atoms with Crippen molar-refractivity contribution in [3.63, 3.8) is 0 Å². The van der Waals surface area contributed by atoms with Crippen molar-refractivity contribution < 1.29 is 22.0 Å². The number of anilines is 1. The van der Waals surface area contributed by atoms with Crippen molar-refractivity contribution in [2.75, 3.05) is 24.2 Å². The van der Waals surface area contributed by atoms with Gasteiger partial charge in [0.15, 0.2) is 0 Å². The van der Waals surface area contributed by atoms with Gasteiger partial charge in [0.05, 0.1) is 10.6 Å². The van der Waals surface area contributed by atoms with Crippen molar-refractivity contribution in [1.29, 1.82) is 0 Å². The molecule has 1 N–H and O–H groups in total. The maximum absolute atomic E-state index is 13.2. The Labute approximate surface area is 183 Å². The van der Waals surface area contributed by atoms with E-state index in [0.717, 1.165) is 11.8 Å². The van der Waals surface area contributed by atoms with Crippen LogP contribution in [0.1, 0.15) is 13.8 Å². The molecule has 1 amide bonds. The van der Waals surface area contributed by atoms with Crippen LogP contribution in [0.5, 0.6) is 0 Å². The Morgan fingerprint density at radius 3 is 2.58 bits per heavy atom. The summed E-state index contributed by atoms with van der Waals surface area (Å²) in [6.07, 6.45) is 0. The molecule has 0 saturated heterocycles. The summed E-state index contributed by atoms with van der Waals surface area (Å²) in [5.74, 6) is -0.682. The zero-order chi connectivity index (χ0) is 22.4. The van der Waals surface area contributed by atoms with Gasteiger partial charge >= 0.3 is 0 Å². The molecule has 0 spiro atoms. The Kier molecular flexibility index (Phi) is 7.42. The fraction of sp³-hybridized carbons (Fsp3) is 0.250. The number of thioether (sulfide) groups is 1. The molecule has 1 heterocycles. The zero-order valence-corrected chi connectivity index (χ0v) is 18.5. The molecule has 3 rings (SSSR count). The second kappa shape index (κ2) is 10.0. The first-order valence-corrected chi connectivity index (χ1v) is 11.9. The number of sulfonamides is 1. The average Bonchev–Trinajstić information content (AvgIpc) is 3.22. The standard InChI is InChI=1S/C20H21FN4O4S2/c1-3-25(4-2)31(27,28)17-10-5-7-14(11-17)19-23-24-20(29-19)30-13-18(26)22-16-9-6-8-15(21)12-16/h5-12H,3-4,13H2,1-2H3,(H,22,26). The second-order valence-electron chi connectivity index (χ2n) is 6.34. The van der Waals surface area contributed by atoms with Crippen LogP contribution in [-0.4, -0.2) is 47.7 Å².